The predicted octanol–water partition coefficient (Wildman–Crippen LogP) is 0.187. The van der Waals surface area contributed by atoms with E-state index in [4.69, 9.17) is 23.2 Å². The molecular weight excluding hydrogens is 311 g/mol. The number of carboxylic acids is 1. The SMILES string of the molecule is CCC([N+](C)(C)C)[Si](OC)(OC)OC.O=C([O-])C(F)(F)F. The Labute approximate surface area is 124 Å². The Kier molecular flexibility index (Phi) is 9.35. The molecule has 0 aliphatic carbocycles. The summed E-state index contributed by atoms with van der Waals surface area (Å²) in [6.07, 6.45) is -4.22. The summed E-state index contributed by atoms with van der Waals surface area (Å²) in [7, 11) is 8.88. The van der Waals surface area contributed by atoms with E-state index in [0.717, 1.165) is 10.9 Å². The smallest absolute Gasteiger partial charge is 0.542 e. The summed E-state index contributed by atoms with van der Waals surface area (Å²) >= 11 is 0. The van der Waals surface area contributed by atoms with E-state index in [1.54, 1.807) is 21.3 Å². The van der Waals surface area contributed by atoms with Crippen molar-refractivity contribution in [3.05, 3.63) is 0 Å². The molecule has 0 aromatic heterocycles. The monoisotopic (exact) mass is 335 g/mol. The molecule has 0 saturated heterocycles. The third-order valence-electron chi connectivity index (χ3n) is 2.81. The van der Waals surface area contributed by atoms with Gasteiger partial charge in [-0.2, -0.15) is 13.2 Å². The van der Waals surface area contributed by atoms with Crippen LogP contribution in [-0.4, -0.2) is 73.6 Å². The van der Waals surface area contributed by atoms with Crippen LogP contribution in [0.25, 0.3) is 0 Å². The largest absolute Gasteiger partial charge is 0.561 e. The number of hydrogen-bond donors (Lipinski definition) is 0. The molecule has 0 saturated carbocycles. The van der Waals surface area contributed by atoms with E-state index in [1.807, 2.05) is 0 Å². The van der Waals surface area contributed by atoms with Crippen LogP contribution in [0.15, 0.2) is 0 Å². The van der Waals surface area contributed by atoms with Crippen LogP contribution in [0.1, 0.15) is 13.3 Å². The van der Waals surface area contributed by atoms with E-state index in [1.165, 1.54) is 0 Å². The summed E-state index contributed by atoms with van der Waals surface area (Å²) in [5, 5.41) is 8.78. The minimum Gasteiger partial charge on any atom is -0.542 e. The van der Waals surface area contributed by atoms with Gasteiger partial charge < -0.3 is 27.7 Å². The number of hydrogen-bond acceptors (Lipinski definition) is 5. The van der Waals surface area contributed by atoms with Crippen LogP contribution in [0.2, 0.25) is 0 Å². The lowest BCUT2D eigenvalue weighted by molar-refractivity contribution is -0.887. The maximum absolute atomic E-state index is 10.5. The summed E-state index contributed by atoms with van der Waals surface area (Å²) in [5.74, 6) is -3.01. The van der Waals surface area contributed by atoms with Gasteiger partial charge in [0, 0.05) is 27.8 Å². The molecule has 0 fully saturated rings. The summed E-state index contributed by atoms with van der Waals surface area (Å²) < 4.78 is 48.8. The van der Waals surface area contributed by atoms with Gasteiger partial charge in [0.15, 0.2) is 5.67 Å². The Morgan fingerprint density at radius 3 is 1.48 bits per heavy atom. The van der Waals surface area contributed by atoms with Crippen molar-refractivity contribution in [1.82, 2.24) is 0 Å². The molecule has 1 unspecified atom stereocenters. The van der Waals surface area contributed by atoms with Crippen LogP contribution in [0.3, 0.4) is 0 Å². The number of rotatable bonds is 6. The molecule has 0 amide bonds. The lowest BCUT2D eigenvalue weighted by Crippen LogP contribution is -2.65. The van der Waals surface area contributed by atoms with Crippen LogP contribution >= 0.6 is 0 Å². The zero-order chi connectivity index (χ0) is 17.5. The Hall–Kier alpha value is -0.683. The van der Waals surface area contributed by atoms with Gasteiger partial charge in [0.1, 0.15) is 5.97 Å². The van der Waals surface area contributed by atoms with Gasteiger partial charge in [-0.15, -0.1) is 0 Å². The van der Waals surface area contributed by atoms with E-state index in [0.29, 0.717) is 0 Å². The molecule has 21 heavy (non-hydrogen) atoms. The minimum absolute atomic E-state index is 0.266. The number of quaternary nitrogens is 1. The average Bonchev–Trinajstić information content (AvgIpc) is 2.34. The Bertz CT molecular complexity index is 308. The topological polar surface area (TPSA) is 67.8 Å². The second-order valence-electron chi connectivity index (χ2n) is 5.04. The van der Waals surface area contributed by atoms with E-state index in [-0.39, 0.29) is 5.67 Å². The fourth-order valence-corrected chi connectivity index (χ4v) is 4.70. The van der Waals surface area contributed by atoms with Crippen molar-refractivity contribution in [2.75, 3.05) is 42.5 Å². The van der Waals surface area contributed by atoms with Gasteiger partial charge in [0.2, 0.25) is 0 Å². The van der Waals surface area contributed by atoms with Gasteiger partial charge in [-0.1, -0.05) is 6.92 Å². The number of aliphatic carboxylic acids is 1. The summed E-state index contributed by atoms with van der Waals surface area (Å²) in [6.45, 7) is 2.13. The van der Waals surface area contributed by atoms with E-state index in [9.17, 15) is 13.2 Å². The van der Waals surface area contributed by atoms with Crippen molar-refractivity contribution in [3.63, 3.8) is 0 Å². The van der Waals surface area contributed by atoms with Gasteiger partial charge in [-0.05, 0) is 0 Å². The first-order chi connectivity index (χ1) is 9.32. The molecule has 6 nitrogen and oxygen atoms in total. The van der Waals surface area contributed by atoms with Gasteiger partial charge in [0.25, 0.3) is 0 Å². The normalized spacial score (nSPS) is 14.2. The summed E-state index contributed by atoms with van der Waals surface area (Å²) in [5.41, 5.74) is 0.266. The molecule has 0 rings (SSSR count). The zero-order valence-corrected chi connectivity index (χ0v) is 14.4. The van der Waals surface area contributed by atoms with Crippen molar-refractivity contribution in [2.24, 2.45) is 0 Å². The third-order valence-corrected chi connectivity index (χ3v) is 6.52. The van der Waals surface area contributed by atoms with Gasteiger partial charge in [0.05, 0.1) is 21.1 Å². The highest BCUT2D eigenvalue weighted by atomic mass is 28.4. The van der Waals surface area contributed by atoms with Crippen LogP contribution in [0.5, 0.6) is 0 Å². The first kappa shape index (κ1) is 22.6. The van der Waals surface area contributed by atoms with Gasteiger partial charge >= 0.3 is 15.0 Å². The second-order valence-corrected chi connectivity index (χ2v) is 8.14. The Morgan fingerprint density at radius 2 is 1.43 bits per heavy atom. The standard InChI is InChI=1S/C9H24NO3Si.C2HF3O2/c1-8-9(10(2,3)4)14(11-5,12-6)13-7;3-2(4,5)1(6)7/h9H,8H2,1-7H3;(H,6,7)/q+1;/p-1. The molecule has 0 heterocycles. The third kappa shape index (κ3) is 7.22. The summed E-state index contributed by atoms with van der Waals surface area (Å²) in [4.78, 5) is 8.78. The van der Waals surface area contributed by atoms with Crippen LogP contribution in [-0.2, 0) is 18.1 Å². The highest BCUT2D eigenvalue weighted by Crippen LogP contribution is 2.22. The highest BCUT2D eigenvalue weighted by Gasteiger charge is 2.54. The van der Waals surface area contributed by atoms with Crippen molar-refractivity contribution in [1.29, 1.82) is 0 Å². The molecule has 0 spiro atoms. The maximum Gasteiger partial charge on any atom is 0.561 e. The Morgan fingerprint density at radius 1 is 1.14 bits per heavy atom. The average molecular weight is 335 g/mol. The van der Waals surface area contributed by atoms with Crippen LogP contribution in [0.4, 0.5) is 13.2 Å². The molecule has 1 atom stereocenters. The number of nitrogens with zero attached hydrogens (tertiary/aromatic N) is 1. The quantitative estimate of drug-likeness (QED) is 0.512. The Balaban J connectivity index is 0. The molecule has 0 aromatic rings. The van der Waals surface area contributed by atoms with Crippen molar-refractivity contribution < 1.29 is 40.8 Å². The first-order valence-electron chi connectivity index (χ1n) is 6.07. The van der Waals surface area contributed by atoms with Crippen LogP contribution in [0, 0.1) is 0 Å². The van der Waals surface area contributed by atoms with E-state index >= 15 is 0 Å². The zero-order valence-electron chi connectivity index (χ0n) is 13.4. The fourth-order valence-electron chi connectivity index (χ4n) is 1.93. The number of alkyl halides is 3. The fraction of sp³-hybridized carbons (Fsp3) is 0.909. The van der Waals surface area contributed by atoms with E-state index < -0.39 is 21.0 Å². The van der Waals surface area contributed by atoms with E-state index in [2.05, 4.69) is 28.1 Å². The first-order valence-corrected chi connectivity index (χ1v) is 7.87. The second kappa shape index (κ2) is 8.69. The van der Waals surface area contributed by atoms with Crippen molar-refractivity contribution in [2.45, 2.75) is 25.2 Å². The molecule has 10 heteroatoms. The molecule has 0 bridgehead atoms. The van der Waals surface area contributed by atoms with Crippen molar-refractivity contribution >= 4 is 14.8 Å². The predicted molar refractivity (Wildman–Crippen MR) is 70.0 cm³/mol. The van der Waals surface area contributed by atoms with Crippen LogP contribution < -0.4 is 5.11 Å². The maximum atomic E-state index is 10.5. The molecule has 0 aliphatic heterocycles. The lowest BCUT2D eigenvalue weighted by atomic mass is 10.4. The molecular formula is C11H24F3NO5Si. The summed E-state index contributed by atoms with van der Waals surface area (Å²) in [6, 6.07) is 0. The van der Waals surface area contributed by atoms with Crippen molar-refractivity contribution in [3.8, 4) is 0 Å². The highest BCUT2D eigenvalue weighted by molar-refractivity contribution is 6.62. The molecule has 0 aliphatic rings. The van der Waals surface area contributed by atoms with Gasteiger partial charge in [-0.25, -0.2) is 0 Å². The minimum atomic E-state index is -5.19. The number of carbonyl (C=O) groups excluding carboxylic acids is 1. The lowest BCUT2D eigenvalue weighted by Gasteiger charge is -2.40. The number of carboxylic acid groups (broad SMARTS) is 1. The molecule has 0 aromatic carbocycles. The molecule has 0 N–H and O–H groups in total. The van der Waals surface area contributed by atoms with Gasteiger partial charge in [-0.3, -0.25) is 0 Å². The molecule has 0 radical (unpaired) electrons. The number of carbonyl (C=O) groups is 1. The number of halogens is 3. The molecule has 128 valence electrons.